The highest BCUT2D eigenvalue weighted by Crippen LogP contribution is 2.33. The first-order chi connectivity index (χ1) is 9.38. The highest BCUT2D eigenvalue weighted by atomic mass is 32.3. The smallest absolute Gasteiger partial charge is 0.356 e. The molecule has 1 aromatic heterocycles. The number of aromatic nitrogens is 2. The van der Waals surface area contributed by atoms with Crippen molar-refractivity contribution >= 4 is 16.0 Å². The summed E-state index contributed by atoms with van der Waals surface area (Å²) in [7, 11) is -0.578. The fourth-order valence-electron chi connectivity index (χ4n) is 2.04. The summed E-state index contributed by atoms with van der Waals surface area (Å²) in [6.07, 6.45) is 7.32. The summed E-state index contributed by atoms with van der Waals surface area (Å²) in [6.45, 7) is 1.90. The van der Waals surface area contributed by atoms with Crippen LogP contribution in [0.4, 0.5) is 0 Å². The van der Waals surface area contributed by atoms with Gasteiger partial charge in [-0.05, 0) is 18.8 Å². The number of rotatable bonds is 6. The molecule has 0 saturated carbocycles. The molecule has 0 saturated heterocycles. The van der Waals surface area contributed by atoms with Gasteiger partial charge < -0.3 is 14.6 Å². The number of hydrogen-bond donors (Lipinski definition) is 1. The van der Waals surface area contributed by atoms with Crippen molar-refractivity contribution in [3.8, 4) is 0 Å². The molecule has 1 aromatic rings. The van der Waals surface area contributed by atoms with Gasteiger partial charge in [-0.2, -0.15) is 5.10 Å². The first kappa shape index (κ1) is 15.3. The zero-order chi connectivity index (χ0) is 14.8. The number of hydrogen-bond acceptors (Lipinski definition) is 4. The Labute approximate surface area is 120 Å². The minimum atomic E-state index is -0.985. The van der Waals surface area contributed by atoms with E-state index in [4.69, 9.17) is 9.47 Å². The zero-order valence-corrected chi connectivity index (χ0v) is 13.0. The van der Waals surface area contributed by atoms with E-state index in [1.165, 1.54) is 0 Å². The number of ether oxygens (including phenoxy) is 2. The van der Waals surface area contributed by atoms with Crippen LogP contribution in [0, 0.1) is 0 Å². The van der Waals surface area contributed by atoms with Gasteiger partial charge in [-0.3, -0.25) is 0 Å². The molecule has 0 aliphatic carbocycles. The van der Waals surface area contributed by atoms with Crippen LogP contribution >= 0.6 is 10.0 Å². The molecule has 0 unspecified atom stereocenters. The molecule has 1 N–H and O–H groups in total. The van der Waals surface area contributed by atoms with Gasteiger partial charge in [0.05, 0.1) is 25.5 Å². The average molecular weight is 302 g/mol. The third-order valence-electron chi connectivity index (χ3n) is 3.16. The van der Waals surface area contributed by atoms with Crippen molar-refractivity contribution in [3.05, 3.63) is 17.0 Å². The molecule has 1 aliphatic heterocycles. The normalized spacial score (nSPS) is 15.9. The summed E-state index contributed by atoms with van der Waals surface area (Å²) in [4.78, 5) is 11.2. The van der Waals surface area contributed by atoms with Crippen LogP contribution in [-0.4, -0.2) is 58.6 Å². The van der Waals surface area contributed by atoms with E-state index in [0.29, 0.717) is 26.2 Å². The molecule has 20 heavy (non-hydrogen) atoms. The predicted molar refractivity (Wildman–Crippen MR) is 78.7 cm³/mol. The zero-order valence-electron chi connectivity index (χ0n) is 12.2. The maximum absolute atomic E-state index is 11.2. The summed E-state index contributed by atoms with van der Waals surface area (Å²) in [6, 6.07) is 0. The number of fused-ring (bicyclic) bond motifs is 1. The standard InChI is InChI=1S/C13H22N2O4S/c1-20(2,3)7-6-19-9-15-11-8-18-5-4-10(11)12(14-15)13(16)17/h4-9H2,1-3H3,(H,16,17). The van der Waals surface area contributed by atoms with E-state index in [9.17, 15) is 9.90 Å². The van der Waals surface area contributed by atoms with Crippen LogP contribution in [0.1, 0.15) is 21.7 Å². The lowest BCUT2D eigenvalue weighted by atomic mass is 10.1. The predicted octanol–water partition coefficient (Wildman–Crippen LogP) is 1.32. The van der Waals surface area contributed by atoms with Crippen molar-refractivity contribution in [2.45, 2.75) is 19.8 Å². The number of aromatic carboxylic acids is 1. The van der Waals surface area contributed by atoms with Crippen molar-refractivity contribution in [2.24, 2.45) is 0 Å². The Balaban J connectivity index is 2.03. The number of nitrogens with zero attached hydrogens (tertiary/aromatic N) is 2. The highest BCUT2D eigenvalue weighted by Gasteiger charge is 2.24. The van der Waals surface area contributed by atoms with Crippen LogP contribution in [0.15, 0.2) is 0 Å². The topological polar surface area (TPSA) is 73.6 Å². The molecule has 6 nitrogen and oxygen atoms in total. The van der Waals surface area contributed by atoms with Gasteiger partial charge in [0, 0.05) is 17.7 Å². The molecule has 114 valence electrons. The third-order valence-corrected chi connectivity index (χ3v) is 4.55. The summed E-state index contributed by atoms with van der Waals surface area (Å²) >= 11 is 0. The first-order valence-corrected chi connectivity index (χ1v) is 9.54. The fraction of sp³-hybridized carbons (Fsp3) is 0.692. The van der Waals surface area contributed by atoms with Gasteiger partial charge in [0.1, 0.15) is 6.73 Å². The van der Waals surface area contributed by atoms with Crippen molar-refractivity contribution in [3.63, 3.8) is 0 Å². The Hall–Kier alpha value is -1.05. The molecule has 0 amide bonds. The molecule has 0 fully saturated rings. The van der Waals surface area contributed by atoms with E-state index in [0.717, 1.165) is 17.0 Å². The molecule has 1 aliphatic rings. The van der Waals surface area contributed by atoms with Crippen LogP contribution in [0.2, 0.25) is 0 Å². The molecule has 0 bridgehead atoms. The average Bonchev–Trinajstić information content (AvgIpc) is 2.73. The SMILES string of the molecule is CS(C)(C)CCOCn1nc(C(=O)O)c2c1COCC2. The highest BCUT2D eigenvalue weighted by molar-refractivity contribution is 8.32. The molecular formula is C13H22N2O4S. The number of carbonyl (C=O) groups is 1. The fourth-order valence-corrected chi connectivity index (χ4v) is 2.66. The van der Waals surface area contributed by atoms with Gasteiger partial charge in [0.15, 0.2) is 5.69 Å². The minimum Gasteiger partial charge on any atom is -0.476 e. The Morgan fingerprint density at radius 3 is 2.90 bits per heavy atom. The van der Waals surface area contributed by atoms with Crippen LogP contribution in [0.25, 0.3) is 0 Å². The van der Waals surface area contributed by atoms with E-state index >= 15 is 0 Å². The Morgan fingerprint density at radius 1 is 1.50 bits per heavy atom. The van der Waals surface area contributed by atoms with Gasteiger partial charge >= 0.3 is 5.97 Å². The second-order valence-corrected chi connectivity index (χ2v) is 10.3. The molecule has 0 aromatic carbocycles. The van der Waals surface area contributed by atoms with E-state index in [1.807, 2.05) is 0 Å². The quantitative estimate of drug-likeness (QED) is 0.802. The lowest BCUT2D eigenvalue weighted by molar-refractivity contribution is 0.0616. The van der Waals surface area contributed by atoms with Crippen LogP contribution in [0.3, 0.4) is 0 Å². The molecule has 2 heterocycles. The number of carboxylic acid groups (broad SMARTS) is 1. The van der Waals surface area contributed by atoms with Gasteiger partial charge in [-0.15, -0.1) is 0 Å². The molecule has 0 atom stereocenters. The molecule has 2 rings (SSSR count). The van der Waals surface area contributed by atoms with Crippen molar-refractivity contribution < 1.29 is 19.4 Å². The van der Waals surface area contributed by atoms with Crippen molar-refractivity contribution in [1.29, 1.82) is 0 Å². The second-order valence-electron chi connectivity index (χ2n) is 5.71. The van der Waals surface area contributed by atoms with Gasteiger partial charge in [0.25, 0.3) is 0 Å². The van der Waals surface area contributed by atoms with E-state index in [1.54, 1.807) is 4.68 Å². The van der Waals surface area contributed by atoms with E-state index in [-0.39, 0.29) is 12.4 Å². The second kappa shape index (κ2) is 6.15. The summed E-state index contributed by atoms with van der Waals surface area (Å²) in [5.41, 5.74) is 1.75. The maximum atomic E-state index is 11.2. The Morgan fingerprint density at radius 2 is 2.25 bits per heavy atom. The third kappa shape index (κ3) is 3.74. The summed E-state index contributed by atoms with van der Waals surface area (Å²) in [5.74, 6) is 0.0414. The lowest BCUT2D eigenvalue weighted by Gasteiger charge is -2.24. The van der Waals surface area contributed by atoms with Gasteiger partial charge in [0.2, 0.25) is 0 Å². The number of carboxylic acids is 1. The molecule has 0 radical (unpaired) electrons. The van der Waals surface area contributed by atoms with E-state index < -0.39 is 16.0 Å². The monoisotopic (exact) mass is 302 g/mol. The molecule has 7 heteroatoms. The van der Waals surface area contributed by atoms with Gasteiger partial charge in [-0.1, -0.05) is 0 Å². The minimum absolute atomic E-state index is 0.133. The molecular weight excluding hydrogens is 280 g/mol. The van der Waals surface area contributed by atoms with Crippen molar-refractivity contribution in [1.82, 2.24) is 9.78 Å². The lowest BCUT2D eigenvalue weighted by Crippen LogP contribution is -2.16. The van der Waals surface area contributed by atoms with E-state index in [2.05, 4.69) is 23.9 Å². The van der Waals surface area contributed by atoms with Gasteiger partial charge in [-0.25, -0.2) is 19.5 Å². The van der Waals surface area contributed by atoms with Crippen molar-refractivity contribution in [2.75, 3.05) is 37.7 Å². The Bertz CT molecular complexity index is 493. The van der Waals surface area contributed by atoms with Crippen LogP contribution in [-0.2, 0) is 29.2 Å². The summed E-state index contributed by atoms with van der Waals surface area (Å²) < 4.78 is 12.6. The summed E-state index contributed by atoms with van der Waals surface area (Å²) in [5, 5.41) is 13.3. The largest absolute Gasteiger partial charge is 0.476 e. The first-order valence-electron chi connectivity index (χ1n) is 6.52. The molecule has 0 spiro atoms. The van der Waals surface area contributed by atoms with Crippen LogP contribution < -0.4 is 0 Å². The maximum Gasteiger partial charge on any atom is 0.356 e. The van der Waals surface area contributed by atoms with Crippen LogP contribution in [0.5, 0.6) is 0 Å². The Kier molecular flexibility index (Phi) is 4.72.